The van der Waals surface area contributed by atoms with Crippen LogP contribution in [0.3, 0.4) is 0 Å². The number of ether oxygens (including phenoxy) is 1. The summed E-state index contributed by atoms with van der Waals surface area (Å²) in [4.78, 5) is 14.1. The van der Waals surface area contributed by atoms with Crippen LogP contribution in [-0.2, 0) is 0 Å². The highest BCUT2D eigenvalue weighted by molar-refractivity contribution is 6.30. The lowest BCUT2D eigenvalue weighted by Crippen LogP contribution is -1.96. The first-order valence-electron chi connectivity index (χ1n) is 5.11. The second-order valence-corrected chi connectivity index (χ2v) is 4.03. The van der Waals surface area contributed by atoms with Crippen molar-refractivity contribution in [3.63, 3.8) is 0 Å². The molecule has 0 unspecified atom stereocenters. The third-order valence-electron chi connectivity index (χ3n) is 2.30. The third kappa shape index (κ3) is 2.57. The number of rotatable bonds is 3. The van der Waals surface area contributed by atoms with Gasteiger partial charge in [-0.05, 0) is 30.7 Å². The molecule has 0 saturated heterocycles. The second-order valence-electron chi connectivity index (χ2n) is 3.60. The Morgan fingerprint density at radius 3 is 2.89 bits per heavy atom. The van der Waals surface area contributed by atoms with Gasteiger partial charge in [-0.2, -0.15) is 0 Å². The zero-order valence-corrected chi connectivity index (χ0v) is 10.2. The van der Waals surface area contributed by atoms with Crippen molar-refractivity contribution < 1.29 is 9.66 Å². The molecule has 2 aromatic rings. The standard InChI is InChI=1S/C12H9ClN2O3/c1-8-4-5-9(13)7-11(8)18-12-10(15(16)17)3-2-6-14-12/h2-7H,1H3. The summed E-state index contributed by atoms with van der Waals surface area (Å²) in [6, 6.07) is 7.90. The van der Waals surface area contributed by atoms with Gasteiger partial charge in [0.1, 0.15) is 5.75 Å². The molecule has 0 atom stereocenters. The predicted octanol–water partition coefficient (Wildman–Crippen LogP) is 3.74. The number of hydrogen-bond donors (Lipinski definition) is 0. The first kappa shape index (κ1) is 12.3. The molecule has 0 N–H and O–H groups in total. The molecule has 0 bridgehead atoms. The Hall–Kier alpha value is -2.14. The van der Waals surface area contributed by atoms with E-state index < -0.39 is 4.92 Å². The molecule has 1 aromatic heterocycles. The van der Waals surface area contributed by atoms with Gasteiger partial charge in [0.15, 0.2) is 0 Å². The summed E-state index contributed by atoms with van der Waals surface area (Å²) in [5.74, 6) is 0.400. The minimum atomic E-state index is -0.539. The maximum Gasteiger partial charge on any atom is 0.331 e. The molecule has 0 radical (unpaired) electrons. The molecule has 0 spiro atoms. The monoisotopic (exact) mass is 264 g/mol. The van der Waals surface area contributed by atoms with Gasteiger partial charge >= 0.3 is 5.69 Å². The van der Waals surface area contributed by atoms with Gasteiger partial charge in [-0.25, -0.2) is 4.98 Å². The van der Waals surface area contributed by atoms with Crippen molar-refractivity contribution in [3.8, 4) is 11.6 Å². The van der Waals surface area contributed by atoms with Crippen molar-refractivity contribution in [1.82, 2.24) is 4.98 Å². The summed E-state index contributed by atoms with van der Waals surface area (Å²) in [7, 11) is 0. The molecule has 0 aliphatic carbocycles. The van der Waals surface area contributed by atoms with Gasteiger partial charge in [-0.3, -0.25) is 10.1 Å². The van der Waals surface area contributed by atoms with E-state index in [9.17, 15) is 10.1 Å². The van der Waals surface area contributed by atoms with Gasteiger partial charge in [-0.1, -0.05) is 17.7 Å². The van der Waals surface area contributed by atoms with E-state index in [0.29, 0.717) is 10.8 Å². The van der Waals surface area contributed by atoms with Gasteiger partial charge in [0, 0.05) is 17.3 Å². The SMILES string of the molecule is Cc1ccc(Cl)cc1Oc1ncccc1[N+](=O)[O-]. The van der Waals surface area contributed by atoms with Crippen LogP contribution in [0.2, 0.25) is 5.02 Å². The number of nitro groups is 1. The van der Waals surface area contributed by atoms with Gasteiger partial charge in [0.2, 0.25) is 0 Å². The molecule has 0 fully saturated rings. The average Bonchev–Trinajstić information content (AvgIpc) is 2.34. The first-order chi connectivity index (χ1) is 8.58. The van der Waals surface area contributed by atoms with Gasteiger partial charge < -0.3 is 4.74 Å². The van der Waals surface area contributed by atoms with Crippen LogP contribution in [0.1, 0.15) is 5.56 Å². The number of pyridine rings is 1. The van der Waals surface area contributed by atoms with E-state index in [2.05, 4.69) is 4.98 Å². The Morgan fingerprint density at radius 2 is 2.17 bits per heavy atom. The van der Waals surface area contributed by atoms with Crippen molar-refractivity contribution in [2.45, 2.75) is 6.92 Å². The minimum absolute atomic E-state index is 0.0483. The number of halogens is 1. The van der Waals surface area contributed by atoms with Crippen molar-refractivity contribution in [3.05, 3.63) is 57.2 Å². The van der Waals surface area contributed by atoms with Crippen LogP contribution in [0, 0.1) is 17.0 Å². The van der Waals surface area contributed by atoms with E-state index in [4.69, 9.17) is 16.3 Å². The highest BCUT2D eigenvalue weighted by Crippen LogP contribution is 2.31. The molecule has 18 heavy (non-hydrogen) atoms. The van der Waals surface area contributed by atoms with E-state index in [1.165, 1.54) is 18.3 Å². The maximum atomic E-state index is 10.8. The van der Waals surface area contributed by atoms with Crippen molar-refractivity contribution in [1.29, 1.82) is 0 Å². The highest BCUT2D eigenvalue weighted by atomic mass is 35.5. The normalized spacial score (nSPS) is 10.1. The number of hydrogen-bond acceptors (Lipinski definition) is 4. The van der Waals surface area contributed by atoms with Gasteiger partial charge in [0.05, 0.1) is 4.92 Å². The number of aromatic nitrogens is 1. The lowest BCUT2D eigenvalue weighted by atomic mass is 10.2. The van der Waals surface area contributed by atoms with Crippen molar-refractivity contribution in [2.24, 2.45) is 0 Å². The molecule has 0 aliphatic heterocycles. The van der Waals surface area contributed by atoms with Crippen LogP contribution < -0.4 is 4.74 Å². The van der Waals surface area contributed by atoms with Crippen LogP contribution in [0.25, 0.3) is 0 Å². The summed E-state index contributed by atoms with van der Waals surface area (Å²) >= 11 is 5.85. The Labute approximate surface area is 108 Å². The van der Waals surface area contributed by atoms with Gasteiger partial charge in [-0.15, -0.1) is 0 Å². The quantitative estimate of drug-likeness (QED) is 0.626. The van der Waals surface area contributed by atoms with Crippen molar-refractivity contribution in [2.75, 3.05) is 0 Å². The van der Waals surface area contributed by atoms with Crippen LogP contribution in [0.5, 0.6) is 11.6 Å². The Balaban J connectivity index is 2.40. The van der Waals surface area contributed by atoms with Crippen LogP contribution in [-0.4, -0.2) is 9.91 Å². The molecule has 0 saturated carbocycles. The highest BCUT2D eigenvalue weighted by Gasteiger charge is 2.17. The van der Waals surface area contributed by atoms with Crippen molar-refractivity contribution >= 4 is 17.3 Å². The zero-order valence-electron chi connectivity index (χ0n) is 9.46. The fourth-order valence-corrected chi connectivity index (χ4v) is 1.55. The topological polar surface area (TPSA) is 65.3 Å². The minimum Gasteiger partial charge on any atom is -0.433 e. The summed E-state index contributed by atoms with van der Waals surface area (Å²) in [6.07, 6.45) is 1.43. The Bertz CT molecular complexity index is 602. The summed E-state index contributed by atoms with van der Waals surface area (Å²) in [5, 5.41) is 11.3. The molecule has 1 heterocycles. The number of benzene rings is 1. The lowest BCUT2D eigenvalue weighted by Gasteiger charge is -2.07. The van der Waals surface area contributed by atoms with Crippen LogP contribution >= 0.6 is 11.6 Å². The molecule has 0 amide bonds. The molecular formula is C12H9ClN2O3. The second kappa shape index (κ2) is 5.01. The molecule has 6 heteroatoms. The Kier molecular flexibility index (Phi) is 3.43. The molecule has 92 valence electrons. The van der Waals surface area contributed by atoms with Crippen LogP contribution in [0.15, 0.2) is 36.5 Å². The largest absolute Gasteiger partial charge is 0.433 e. The van der Waals surface area contributed by atoms with E-state index in [0.717, 1.165) is 5.56 Å². The zero-order chi connectivity index (χ0) is 13.1. The molecule has 5 nitrogen and oxygen atoms in total. The molecule has 2 rings (SSSR count). The molecular weight excluding hydrogens is 256 g/mol. The maximum absolute atomic E-state index is 10.8. The average molecular weight is 265 g/mol. The predicted molar refractivity (Wildman–Crippen MR) is 67.2 cm³/mol. The first-order valence-corrected chi connectivity index (χ1v) is 5.49. The molecule has 1 aromatic carbocycles. The van der Waals surface area contributed by atoms with E-state index in [1.54, 1.807) is 18.2 Å². The smallest absolute Gasteiger partial charge is 0.331 e. The Morgan fingerprint density at radius 1 is 1.39 bits per heavy atom. The summed E-state index contributed by atoms with van der Waals surface area (Å²) < 4.78 is 5.45. The summed E-state index contributed by atoms with van der Waals surface area (Å²) in [6.45, 7) is 1.82. The lowest BCUT2D eigenvalue weighted by molar-refractivity contribution is -0.386. The fraction of sp³-hybridized carbons (Fsp3) is 0.0833. The van der Waals surface area contributed by atoms with Gasteiger partial charge in [0.25, 0.3) is 5.88 Å². The van der Waals surface area contributed by atoms with Crippen LogP contribution in [0.4, 0.5) is 5.69 Å². The van der Waals surface area contributed by atoms with E-state index in [1.807, 2.05) is 6.92 Å². The number of nitrogens with zero attached hydrogens (tertiary/aromatic N) is 2. The third-order valence-corrected chi connectivity index (χ3v) is 2.54. The van der Waals surface area contributed by atoms with E-state index >= 15 is 0 Å². The fourth-order valence-electron chi connectivity index (χ4n) is 1.39. The number of aryl methyl sites for hydroxylation is 1. The summed E-state index contributed by atoms with van der Waals surface area (Å²) in [5.41, 5.74) is 0.635. The molecule has 0 aliphatic rings. The van der Waals surface area contributed by atoms with E-state index in [-0.39, 0.29) is 11.6 Å².